The topological polar surface area (TPSA) is 45.2 Å². The maximum absolute atomic E-state index is 12.3. The standard InChI is InChI=1S/C17H18ClN3O/c1-3-10-20-17(22)21(2)16(14-5-4-11-19-12-14)13-6-8-15(18)9-7-13/h3-9,11-12,16H,1,10H2,2H3,(H,20,22)/t16-/m0/s1. The number of nitrogens with zero attached hydrogens (tertiary/aromatic N) is 2. The minimum atomic E-state index is -0.240. The molecule has 0 fully saturated rings. The summed E-state index contributed by atoms with van der Waals surface area (Å²) < 4.78 is 0. The van der Waals surface area contributed by atoms with Gasteiger partial charge in [0.1, 0.15) is 0 Å². The van der Waals surface area contributed by atoms with Crippen molar-refractivity contribution in [3.63, 3.8) is 0 Å². The van der Waals surface area contributed by atoms with Crippen LogP contribution in [0.1, 0.15) is 17.2 Å². The van der Waals surface area contributed by atoms with Crippen LogP contribution in [0.5, 0.6) is 0 Å². The van der Waals surface area contributed by atoms with Gasteiger partial charge in [-0.25, -0.2) is 4.79 Å². The quantitative estimate of drug-likeness (QED) is 0.856. The molecule has 4 nitrogen and oxygen atoms in total. The molecule has 1 atom stereocenters. The second-order valence-electron chi connectivity index (χ2n) is 4.83. The highest BCUT2D eigenvalue weighted by Crippen LogP contribution is 2.28. The van der Waals surface area contributed by atoms with Crippen LogP contribution in [0.25, 0.3) is 0 Å². The van der Waals surface area contributed by atoms with Crippen molar-refractivity contribution in [3.8, 4) is 0 Å². The van der Waals surface area contributed by atoms with Crippen LogP contribution in [-0.4, -0.2) is 29.5 Å². The second kappa shape index (κ2) is 7.61. The molecule has 2 aromatic rings. The van der Waals surface area contributed by atoms with E-state index in [1.165, 1.54) is 0 Å². The number of urea groups is 1. The molecule has 0 aliphatic carbocycles. The Balaban J connectivity index is 2.35. The van der Waals surface area contributed by atoms with Gasteiger partial charge in [0, 0.05) is 31.0 Å². The van der Waals surface area contributed by atoms with Crippen molar-refractivity contribution in [1.29, 1.82) is 0 Å². The molecule has 0 aliphatic heterocycles. The maximum atomic E-state index is 12.3. The number of aromatic nitrogens is 1. The summed E-state index contributed by atoms with van der Waals surface area (Å²) in [6.07, 6.45) is 5.11. The zero-order valence-electron chi connectivity index (χ0n) is 12.4. The Morgan fingerprint density at radius 2 is 2.09 bits per heavy atom. The van der Waals surface area contributed by atoms with Crippen LogP contribution in [0.15, 0.2) is 61.4 Å². The molecule has 0 unspecified atom stereocenters. The fourth-order valence-electron chi connectivity index (χ4n) is 2.22. The highest BCUT2D eigenvalue weighted by molar-refractivity contribution is 6.30. The number of pyridine rings is 1. The average molecular weight is 316 g/mol. The molecule has 0 spiro atoms. The first-order valence-corrected chi connectivity index (χ1v) is 7.28. The van der Waals surface area contributed by atoms with Crippen molar-refractivity contribution in [2.24, 2.45) is 0 Å². The summed E-state index contributed by atoms with van der Waals surface area (Å²) in [5.74, 6) is 0. The molecule has 0 bridgehead atoms. The zero-order valence-corrected chi connectivity index (χ0v) is 13.1. The third-order valence-corrected chi connectivity index (χ3v) is 3.54. The predicted molar refractivity (Wildman–Crippen MR) is 88.9 cm³/mol. The molecule has 1 aromatic carbocycles. The number of halogens is 1. The van der Waals surface area contributed by atoms with E-state index in [-0.39, 0.29) is 12.1 Å². The van der Waals surface area contributed by atoms with Crippen molar-refractivity contribution in [2.45, 2.75) is 6.04 Å². The summed E-state index contributed by atoms with van der Waals surface area (Å²) in [6, 6.07) is 10.8. The molecule has 5 heteroatoms. The molecule has 0 aliphatic rings. The van der Waals surface area contributed by atoms with Crippen molar-refractivity contribution in [2.75, 3.05) is 13.6 Å². The molecular weight excluding hydrogens is 298 g/mol. The lowest BCUT2D eigenvalue weighted by Crippen LogP contribution is -2.40. The van der Waals surface area contributed by atoms with Gasteiger partial charge in [-0.15, -0.1) is 6.58 Å². The number of hydrogen-bond donors (Lipinski definition) is 1. The third kappa shape index (κ3) is 3.86. The summed E-state index contributed by atoms with van der Waals surface area (Å²) in [7, 11) is 1.75. The summed E-state index contributed by atoms with van der Waals surface area (Å²) in [5, 5.41) is 3.45. The molecule has 1 N–H and O–H groups in total. The minimum absolute atomic E-state index is 0.177. The van der Waals surface area contributed by atoms with Crippen LogP contribution in [0.3, 0.4) is 0 Å². The smallest absolute Gasteiger partial charge is 0.318 e. The molecule has 2 rings (SSSR count). The fraction of sp³-hybridized carbons (Fsp3) is 0.176. The monoisotopic (exact) mass is 315 g/mol. The Bertz CT molecular complexity index is 628. The third-order valence-electron chi connectivity index (χ3n) is 3.29. The molecular formula is C17H18ClN3O. The average Bonchev–Trinajstić information content (AvgIpc) is 2.55. The van der Waals surface area contributed by atoms with E-state index in [1.54, 1.807) is 30.4 Å². The lowest BCUT2D eigenvalue weighted by molar-refractivity contribution is 0.199. The van der Waals surface area contributed by atoms with E-state index in [4.69, 9.17) is 11.6 Å². The lowest BCUT2D eigenvalue weighted by atomic mass is 9.99. The number of carbonyl (C=O) groups excluding carboxylic acids is 1. The zero-order chi connectivity index (χ0) is 15.9. The van der Waals surface area contributed by atoms with Gasteiger partial charge >= 0.3 is 6.03 Å². The Morgan fingerprint density at radius 3 is 2.68 bits per heavy atom. The highest BCUT2D eigenvalue weighted by atomic mass is 35.5. The molecule has 0 saturated heterocycles. The minimum Gasteiger partial charge on any atom is -0.335 e. The highest BCUT2D eigenvalue weighted by Gasteiger charge is 2.23. The molecule has 1 heterocycles. The SMILES string of the molecule is C=CCNC(=O)N(C)[C@@H](c1ccc(Cl)cc1)c1cccnc1. The van der Waals surface area contributed by atoms with Gasteiger partial charge in [0.2, 0.25) is 0 Å². The number of benzene rings is 1. The van der Waals surface area contributed by atoms with Crippen LogP contribution in [0.2, 0.25) is 5.02 Å². The molecule has 2 amide bonds. The first-order chi connectivity index (χ1) is 10.6. The number of hydrogen-bond acceptors (Lipinski definition) is 2. The largest absolute Gasteiger partial charge is 0.335 e. The van der Waals surface area contributed by atoms with Gasteiger partial charge in [0.05, 0.1) is 6.04 Å². The maximum Gasteiger partial charge on any atom is 0.318 e. The summed E-state index contributed by atoms with van der Waals surface area (Å²) in [5.41, 5.74) is 1.90. The molecule has 1 aromatic heterocycles. The van der Waals surface area contributed by atoms with Gasteiger partial charge in [-0.05, 0) is 29.3 Å². The van der Waals surface area contributed by atoms with Crippen molar-refractivity contribution >= 4 is 17.6 Å². The first kappa shape index (κ1) is 16.0. The van der Waals surface area contributed by atoms with E-state index in [2.05, 4.69) is 16.9 Å². The van der Waals surface area contributed by atoms with Crippen molar-refractivity contribution in [3.05, 3.63) is 77.6 Å². The predicted octanol–water partition coefficient (Wildman–Crippen LogP) is 3.65. The molecule has 0 saturated carbocycles. The first-order valence-electron chi connectivity index (χ1n) is 6.90. The van der Waals surface area contributed by atoms with E-state index in [1.807, 2.05) is 36.4 Å². The Hall–Kier alpha value is -2.33. The van der Waals surface area contributed by atoms with Gasteiger partial charge in [-0.1, -0.05) is 35.9 Å². The number of rotatable bonds is 5. The van der Waals surface area contributed by atoms with Gasteiger partial charge in [0.25, 0.3) is 0 Å². The van der Waals surface area contributed by atoms with E-state index < -0.39 is 0 Å². The molecule has 22 heavy (non-hydrogen) atoms. The van der Waals surface area contributed by atoms with Crippen LogP contribution in [0.4, 0.5) is 4.79 Å². The summed E-state index contributed by atoms with van der Waals surface area (Å²) in [4.78, 5) is 18.1. The number of carbonyl (C=O) groups is 1. The number of nitrogens with one attached hydrogen (secondary N) is 1. The van der Waals surface area contributed by atoms with E-state index in [0.29, 0.717) is 11.6 Å². The lowest BCUT2D eigenvalue weighted by Gasteiger charge is -2.29. The Kier molecular flexibility index (Phi) is 5.55. The number of amides is 2. The van der Waals surface area contributed by atoms with Crippen LogP contribution in [0, 0.1) is 0 Å². The molecule has 0 radical (unpaired) electrons. The van der Waals surface area contributed by atoms with E-state index >= 15 is 0 Å². The van der Waals surface area contributed by atoms with Crippen molar-refractivity contribution < 1.29 is 4.79 Å². The fourth-order valence-corrected chi connectivity index (χ4v) is 2.35. The van der Waals surface area contributed by atoms with Gasteiger partial charge in [-0.2, -0.15) is 0 Å². The van der Waals surface area contributed by atoms with Crippen LogP contribution in [-0.2, 0) is 0 Å². The van der Waals surface area contributed by atoms with Crippen molar-refractivity contribution in [1.82, 2.24) is 15.2 Å². The van der Waals surface area contributed by atoms with Crippen LogP contribution < -0.4 is 5.32 Å². The van der Waals surface area contributed by atoms with Crippen LogP contribution >= 0.6 is 11.6 Å². The summed E-state index contributed by atoms with van der Waals surface area (Å²) >= 11 is 5.96. The van der Waals surface area contributed by atoms with Gasteiger partial charge in [-0.3, -0.25) is 4.98 Å². The second-order valence-corrected chi connectivity index (χ2v) is 5.26. The molecule has 114 valence electrons. The Labute approximate surface area is 135 Å². The van der Waals surface area contributed by atoms with Gasteiger partial charge < -0.3 is 10.2 Å². The van der Waals surface area contributed by atoms with E-state index in [9.17, 15) is 4.79 Å². The normalized spacial score (nSPS) is 11.5. The summed E-state index contributed by atoms with van der Waals surface area (Å²) in [6.45, 7) is 4.03. The van der Waals surface area contributed by atoms with Gasteiger partial charge in [0.15, 0.2) is 0 Å². The van der Waals surface area contributed by atoms with E-state index in [0.717, 1.165) is 11.1 Å². The Morgan fingerprint density at radius 1 is 1.36 bits per heavy atom.